The fraction of sp³-hybridized carbons (Fsp3) is 0.567. The van der Waals surface area contributed by atoms with Crippen molar-refractivity contribution in [2.24, 2.45) is 11.7 Å². The molecule has 38 heavy (non-hydrogen) atoms. The van der Waals surface area contributed by atoms with Gasteiger partial charge in [0.15, 0.2) is 0 Å². The Balaban J connectivity index is 1.13. The van der Waals surface area contributed by atoms with Crippen molar-refractivity contribution < 1.29 is 4.79 Å². The number of nitrogens with zero attached hydrogens (tertiary/aromatic N) is 6. The Bertz CT molecular complexity index is 1250. The van der Waals surface area contributed by atoms with Crippen LogP contribution in [0.3, 0.4) is 0 Å². The van der Waals surface area contributed by atoms with Crippen molar-refractivity contribution in [3.05, 3.63) is 48.4 Å². The van der Waals surface area contributed by atoms with Gasteiger partial charge in [0, 0.05) is 74.9 Å². The number of aromatic nitrogens is 3. The summed E-state index contributed by atoms with van der Waals surface area (Å²) in [5.41, 5.74) is 11.7. The zero-order valence-corrected chi connectivity index (χ0v) is 22.8. The molecule has 6 rings (SSSR count). The van der Waals surface area contributed by atoms with E-state index >= 15 is 0 Å². The quantitative estimate of drug-likeness (QED) is 0.557. The molecule has 2 N–H and O–H groups in total. The lowest BCUT2D eigenvalue weighted by atomic mass is 9.85. The number of anilines is 1. The highest BCUT2D eigenvalue weighted by Gasteiger charge is 2.31. The van der Waals surface area contributed by atoms with Gasteiger partial charge in [-0.25, -0.2) is 4.52 Å². The van der Waals surface area contributed by atoms with Gasteiger partial charge in [-0.1, -0.05) is 6.07 Å². The van der Waals surface area contributed by atoms with Crippen LogP contribution in [0.5, 0.6) is 0 Å². The number of hydrogen-bond acceptors (Lipinski definition) is 6. The number of piperazine rings is 1. The lowest BCUT2D eigenvalue weighted by Crippen LogP contribution is -2.51. The molecule has 202 valence electrons. The van der Waals surface area contributed by atoms with Gasteiger partial charge in [0.25, 0.3) is 0 Å². The molecular formula is C30H41N7O. The van der Waals surface area contributed by atoms with Crippen molar-refractivity contribution in [1.82, 2.24) is 24.4 Å². The van der Waals surface area contributed by atoms with Crippen LogP contribution in [0.1, 0.15) is 57.4 Å². The smallest absolute Gasteiger partial charge is 0.225 e. The summed E-state index contributed by atoms with van der Waals surface area (Å²) in [5, 5.41) is 4.58. The van der Waals surface area contributed by atoms with Crippen LogP contribution in [0.4, 0.5) is 5.69 Å². The van der Waals surface area contributed by atoms with Crippen molar-refractivity contribution in [2.75, 3.05) is 44.2 Å². The maximum Gasteiger partial charge on any atom is 0.225 e. The van der Waals surface area contributed by atoms with E-state index in [2.05, 4.69) is 70.3 Å². The molecule has 0 spiro atoms. The lowest BCUT2D eigenvalue weighted by Gasteiger charge is -2.38. The number of carbonyl (C=O) groups excluding carboxylic acids is 1. The highest BCUT2D eigenvalue weighted by Crippen LogP contribution is 2.32. The second kappa shape index (κ2) is 10.7. The van der Waals surface area contributed by atoms with Crippen LogP contribution in [0.2, 0.25) is 0 Å². The van der Waals surface area contributed by atoms with Crippen molar-refractivity contribution in [1.29, 1.82) is 0 Å². The highest BCUT2D eigenvalue weighted by molar-refractivity contribution is 5.81. The number of rotatable bonds is 5. The minimum Gasteiger partial charge on any atom is -0.366 e. The number of fused-ring (bicyclic) bond motifs is 1. The Labute approximate surface area is 225 Å². The first kappa shape index (κ1) is 25.3. The molecule has 8 nitrogen and oxygen atoms in total. The largest absolute Gasteiger partial charge is 0.366 e. The van der Waals surface area contributed by atoms with Gasteiger partial charge in [0.05, 0.1) is 16.9 Å². The Kier molecular flexibility index (Phi) is 7.10. The van der Waals surface area contributed by atoms with E-state index in [0.29, 0.717) is 17.9 Å². The zero-order chi connectivity index (χ0) is 26.2. The van der Waals surface area contributed by atoms with E-state index < -0.39 is 0 Å². The third-order valence-corrected chi connectivity index (χ3v) is 9.04. The average Bonchev–Trinajstić information content (AvgIpc) is 3.61. The third-order valence-electron chi connectivity index (χ3n) is 9.04. The summed E-state index contributed by atoms with van der Waals surface area (Å²) in [6.45, 7) is 10.0. The van der Waals surface area contributed by atoms with E-state index in [1.807, 2.05) is 10.7 Å². The monoisotopic (exact) mass is 515 g/mol. The minimum absolute atomic E-state index is 0.156. The number of pyridine rings is 1. The topological polar surface area (TPSA) is 83.0 Å². The molecule has 3 aliphatic rings. The summed E-state index contributed by atoms with van der Waals surface area (Å²) in [7, 11) is 0. The third kappa shape index (κ3) is 5.04. The first-order valence-electron chi connectivity index (χ1n) is 14.4. The second-order valence-electron chi connectivity index (χ2n) is 11.8. The fourth-order valence-electron chi connectivity index (χ4n) is 6.55. The van der Waals surface area contributed by atoms with Crippen LogP contribution < -0.4 is 10.6 Å². The molecule has 1 aliphatic carbocycles. The van der Waals surface area contributed by atoms with E-state index in [-0.39, 0.29) is 12.0 Å². The highest BCUT2D eigenvalue weighted by atomic mass is 16.2. The van der Waals surface area contributed by atoms with E-state index in [4.69, 9.17) is 10.7 Å². The number of amides is 1. The standard InChI is InChI=1S/C30H41N7O/c1-21(2)36-12-10-24(19-36)23-5-8-27(32-18-23)25-17-29-28(9-11-33-37(29)20-25)34-13-15-35(16-14-34)30(38)22-3-6-26(31)7-4-22/h5,8-9,11,17-18,20-22,24,26H,3-4,6-7,10,12-16,19,31H2,1-2H3/t22?,24-,26?/m0/s1. The molecule has 1 atom stereocenters. The summed E-state index contributed by atoms with van der Waals surface area (Å²) in [5.74, 6) is 1.05. The van der Waals surface area contributed by atoms with Gasteiger partial charge in [-0.3, -0.25) is 9.78 Å². The summed E-state index contributed by atoms with van der Waals surface area (Å²) in [6, 6.07) is 9.57. The molecule has 1 saturated carbocycles. The maximum atomic E-state index is 13.1. The van der Waals surface area contributed by atoms with Crippen LogP contribution in [0.15, 0.2) is 42.9 Å². The summed E-state index contributed by atoms with van der Waals surface area (Å²) < 4.78 is 1.96. The average molecular weight is 516 g/mol. The molecule has 0 aromatic carbocycles. The molecule has 0 radical (unpaired) electrons. The van der Waals surface area contributed by atoms with Gasteiger partial charge < -0.3 is 20.4 Å². The fourth-order valence-corrected chi connectivity index (χ4v) is 6.55. The van der Waals surface area contributed by atoms with Crippen LogP contribution in [-0.2, 0) is 4.79 Å². The Morgan fingerprint density at radius 1 is 1.00 bits per heavy atom. The van der Waals surface area contributed by atoms with E-state index in [1.165, 1.54) is 24.2 Å². The van der Waals surface area contributed by atoms with Crippen molar-refractivity contribution in [2.45, 2.75) is 64.0 Å². The molecule has 0 bridgehead atoms. The van der Waals surface area contributed by atoms with Gasteiger partial charge in [-0.05, 0) is 82.2 Å². The van der Waals surface area contributed by atoms with Gasteiger partial charge >= 0.3 is 0 Å². The molecule has 8 heteroatoms. The maximum absolute atomic E-state index is 13.1. The number of nitrogens with two attached hydrogens (primary N) is 1. The van der Waals surface area contributed by atoms with Gasteiger partial charge in [-0.2, -0.15) is 5.10 Å². The number of carbonyl (C=O) groups is 1. The van der Waals surface area contributed by atoms with Gasteiger partial charge in [-0.15, -0.1) is 0 Å². The van der Waals surface area contributed by atoms with Gasteiger partial charge in [0.2, 0.25) is 5.91 Å². The predicted molar refractivity (Wildman–Crippen MR) is 151 cm³/mol. The Hall–Kier alpha value is -2.97. The summed E-state index contributed by atoms with van der Waals surface area (Å²) >= 11 is 0. The van der Waals surface area contributed by atoms with E-state index in [1.54, 1.807) is 0 Å². The lowest BCUT2D eigenvalue weighted by molar-refractivity contribution is -0.136. The molecule has 0 unspecified atom stereocenters. The summed E-state index contributed by atoms with van der Waals surface area (Å²) in [4.78, 5) is 24.9. The summed E-state index contributed by atoms with van der Waals surface area (Å²) in [6.07, 6.45) is 11.0. The molecule has 3 aromatic rings. The SMILES string of the molecule is CC(C)N1CC[C@H](c2ccc(-c3cc4c(N5CCN(C(=O)C6CCC(N)CC6)CC5)ccnn4c3)nc2)C1. The Morgan fingerprint density at radius 2 is 1.79 bits per heavy atom. The number of likely N-dealkylation sites (tertiary alicyclic amines) is 1. The van der Waals surface area contributed by atoms with Crippen molar-refractivity contribution in [3.63, 3.8) is 0 Å². The first-order valence-corrected chi connectivity index (χ1v) is 14.4. The molecular weight excluding hydrogens is 474 g/mol. The molecule has 3 aromatic heterocycles. The number of hydrogen-bond donors (Lipinski definition) is 1. The van der Waals surface area contributed by atoms with Crippen molar-refractivity contribution in [3.8, 4) is 11.3 Å². The predicted octanol–water partition coefficient (Wildman–Crippen LogP) is 3.76. The molecule has 1 amide bonds. The molecule has 5 heterocycles. The molecule has 2 aliphatic heterocycles. The van der Waals surface area contributed by atoms with Crippen LogP contribution in [-0.4, -0.2) is 81.7 Å². The molecule has 3 fully saturated rings. The van der Waals surface area contributed by atoms with E-state index in [0.717, 1.165) is 75.2 Å². The van der Waals surface area contributed by atoms with Crippen LogP contribution in [0, 0.1) is 5.92 Å². The van der Waals surface area contributed by atoms with Crippen molar-refractivity contribution >= 4 is 17.1 Å². The Morgan fingerprint density at radius 3 is 2.47 bits per heavy atom. The first-order chi connectivity index (χ1) is 18.5. The van der Waals surface area contributed by atoms with Crippen LogP contribution in [0.25, 0.3) is 16.8 Å². The van der Waals surface area contributed by atoms with E-state index in [9.17, 15) is 4.79 Å². The van der Waals surface area contributed by atoms with Crippen LogP contribution >= 0.6 is 0 Å². The zero-order valence-electron chi connectivity index (χ0n) is 22.8. The normalized spacial score (nSPS) is 25.0. The second-order valence-corrected chi connectivity index (χ2v) is 11.8. The minimum atomic E-state index is 0.156. The van der Waals surface area contributed by atoms with Gasteiger partial charge in [0.1, 0.15) is 0 Å². The molecule has 2 saturated heterocycles.